The normalized spacial score (nSPS) is 23.4. The van der Waals surface area contributed by atoms with Crippen molar-refractivity contribution in [2.45, 2.75) is 37.8 Å². The first-order valence-corrected chi connectivity index (χ1v) is 7.95. The lowest BCUT2D eigenvalue weighted by atomic mass is 9.85. The van der Waals surface area contributed by atoms with Gasteiger partial charge in [-0.25, -0.2) is 0 Å². The highest BCUT2D eigenvalue weighted by molar-refractivity contribution is 6.30. The number of hydrogen-bond acceptors (Lipinski definition) is 3. The lowest BCUT2D eigenvalue weighted by molar-refractivity contribution is -0.120. The van der Waals surface area contributed by atoms with Gasteiger partial charge < -0.3 is 15.8 Å². The van der Waals surface area contributed by atoms with Gasteiger partial charge in [0.15, 0.2) is 0 Å². The smallest absolute Gasteiger partial charge is 0.244 e. The van der Waals surface area contributed by atoms with E-state index in [1.165, 1.54) is 6.08 Å². The molecular weight excluding hydrogens is 300 g/mol. The molecule has 1 saturated heterocycles. The van der Waals surface area contributed by atoms with E-state index in [0.717, 1.165) is 31.4 Å². The minimum atomic E-state index is -0.370. The van der Waals surface area contributed by atoms with Crippen LogP contribution in [-0.2, 0) is 16.0 Å². The Morgan fingerprint density at radius 3 is 2.82 bits per heavy atom. The second-order valence-corrected chi connectivity index (χ2v) is 6.38. The van der Waals surface area contributed by atoms with Crippen molar-refractivity contribution in [3.63, 3.8) is 0 Å². The Balaban J connectivity index is 2.10. The molecule has 1 aliphatic heterocycles. The van der Waals surface area contributed by atoms with Crippen LogP contribution in [-0.4, -0.2) is 30.7 Å². The summed E-state index contributed by atoms with van der Waals surface area (Å²) in [6.45, 7) is 3.10. The number of halogens is 1. The molecule has 0 bridgehead atoms. The van der Waals surface area contributed by atoms with Crippen molar-refractivity contribution in [2.75, 3.05) is 13.2 Å². The average Bonchev–Trinajstić information content (AvgIpc) is 2.48. The standard InChI is InChI=1S/C17H23ClN2O2/c1-13(19)3-8-16(21)20-17(9-2-10-22-12-17)11-14-4-6-15(18)7-5-14/h3-8,13H,2,9-12,19H2,1H3,(H,20,21)/b8-3+. The third kappa shape index (κ3) is 5.13. The Morgan fingerprint density at radius 1 is 1.50 bits per heavy atom. The van der Waals surface area contributed by atoms with Crippen LogP contribution in [0.2, 0.25) is 5.02 Å². The van der Waals surface area contributed by atoms with Crippen LogP contribution in [0.4, 0.5) is 0 Å². The minimum absolute atomic E-state index is 0.128. The zero-order valence-electron chi connectivity index (χ0n) is 12.8. The van der Waals surface area contributed by atoms with Gasteiger partial charge in [0.05, 0.1) is 12.1 Å². The maximum atomic E-state index is 12.1. The molecule has 2 atom stereocenters. The predicted octanol–water partition coefficient (Wildman–Crippen LogP) is 2.45. The first-order valence-electron chi connectivity index (χ1n) is 7.57. The summed E-state index contributed by atoms with van der Waals surface area (Å²) in [6.07, 6.45) is 5.75. The lowest BCUT2D eigenvalue weighted by Gasteiger charge is -2.38. The van der Waals surface area contributed by atoms with Gasteiger partial charge in [0.2, 0.25) is 5.91 Å². The molecule has 1 aromatic rings. The molecule has 0 aliphatic carbocycles. The molecule has 2 unspecified atom stereocenters. The van der Waals surface area contributed by atoms with Crippen molar-refractivity contribution in [3.05, 3.63) is 47.0 Å². The number of rotatable bonds is 5. The molecule has 0 saturated carbocycles. The molecule has 2 rings (SSSR count). The molecule has 1 fully saturated rings. The molecule has 3 N–H and O–H groups in total. The molecule has 22 heavy (non-hydrogen) atoms. The van der Waals surface area contributed by atoms with Gasteiger partial charge in [-0.2, -0.15) is 0 Å². The Kier molecular flexibility index (Phi) is 6.00. The topological polar surface area (TPSA) is 64.4 Å². The number of nitrogens with one attached hydrogen (secondary N) is 1. The number of ether oxygens (including phenoxy) is 1. The van der Waals surface area contributed by atoms with E-state index < -0.39 is 0 Å². The summed E-state index contributed by atoms with van der Waals surface area (Å²) in [5, 5.41) is 3.82. The molecule has 0 radical (unpaired) electrons. The zero-order valence-corrected chi connectivity index (χ0v) is 13.6. The van der Waals surface area contributed by atoms with Crippen molar-refractivity contribution in [3.8, 4) is 0 Å². The van der Waals surface area contributed by atoms with Crippen molar-refractivity contribution in [1.29, 1.82) is 0 Å². The molecule has 0 spiro atoms. The van der Waals surface area contributed by atoms with E-state index in [2.05, 4.69) is 5.32 Å². The van der Waals surface area contributed by atoms with Crippen molar-refractivity contribution < 1.29 is 9.53 Å². The quantitative estimate of drug-likeness (QED) is 0.818. The lowest BCUT2D eigenvalue weighted by Crippen LogP contribution is -2.55. The van der Waals surface area contributed by atoms with Gasteiger partial charge in [-0.1, -0.05) is 29.8 Å². The Labute approximate surface area is 136 Å². The van der Waals surface area contributed by atoms with Crippen LogP contribution in [0.1, 0.15) is 25.3 Å². The summed E-state index contributed by atoms with van der Waals surface area (Å²) >= 11 is 5.93. The van der Waals surface area contributed by atoms with Crippen molar-refractivity contribution >= 4 is 17.5 Å². The van der Waals surface area contributed by atoms with Crippen LogP contribution in [0.25, 0.3) is 0 Å². The van der Waals surface area contributed by atoms with Gasteiger partial charge in [-0.3, -0.25) is 4.79 Å². The van der Waals surface area contributed by atoms with E-state index in [1.54, 1.807) is 6.08 Å². The fraction of sp³-hybridized carbons (Fsp3) is 0.471. The van der Waals surface area contributed by atoms with Crippen molar-refractivity contribution in [2.24, 2.45) is 5.73 Å². The summed E-state index contributed by atoms with van der Waals surface area (Å²) in [6, 6.07) is 7.57. The summed E-state index contributed by atoms with van der Waals surface area (Å²) in [7, 11) is 0. The minimum Gasteiger partial charge on any atom is -0.379 e. The second kappa shape index (κ2) is 7.77. The van der Waals surface area contributed by atoms with E-state index in [4.69, 9.17) is 22.1 Å². The number of carbonyl (C=O) groups is 1. The van der Waals surface area contributed by atoms with E-state index in [1.807, 2.05) is 31.2 Å². The van der Waals surface area contributed by atoms with E-state index in [-0.39, 0.29) is 17.5 Å². The molecule has 1 amide bonds. The summed E-state index contributed by atoms with van der Waals surface area (Å²) in [5.41, 5.74) is 6.40. The fourth-order valence-electron chi connectivity index (χ4n) is 2.67. The number of hydrogen-bond donors (Lipinski definition) is 2. The van der Waals surface area contributed by atoms with Gasteiger partial charge in [0, 0.05) is 23.7 Å². The highest BCUT2D eigenvalue weighted by Gasteiger charge is 2.34. The number of benzene rings is 1. The summed E-state index contributed by atoms with van der Waals surface area (Å²) in [4.78, 5) is 12.1. The van der Waals surface area contributed by atoms with Crippen LogP contribution < -0.4 is 11.1 Å². The van der Waals surface area contributed by atoms with Gasteiger partial charge in [-0.05, 0) is 43.9 Å². The average molecular weight is 323 g/mol. The number of carbonyl (C=O) groups excluding carboxylic acids is 1. The Bertz CT molecular complexity index is 520. The van der Waals surface area contributed by atoms with Crippen LogP contribution in [0.5, 0.6) is 0 Å². The summed E-state index contributed by atoms with van der Waals surface area (Å²) < 4.78 is 5.62. The molecule has 1 heterocycles. The molecule has 1 aromatic carbocycles. The second-order valence-electron chi connectivity index (χ2n) is 5.95. The maximum absolute atomic E-state index is 12.1. The Morgan fingerprint density at radius 2 is 2.23 bits per heavy atom. The third-order valence-corrected chi connectivity index (χ3v) is 3.97. The summed E-state index contributed by atoms with van der Waals surface area (Å²) in [5.74, 6) is -0.128. The first kappa shape index (κ1) is 17.0. The van der Waals surface area contributed by atoms with Gasteiger partial charge in [0.25, 0.3) is 0 Å². The SMILES string of the molecule is CC(N)/C=C/C(=O)NC1(Cc2ccc(Cl)cc2)CCCOC1. The number of amides is 1. The van der Waals surface area contributed by atoms with E-state index in [0.29, 0.717) is 11.6 Å². The van der Waals surface area contributed by atoms with Gasteiger partial charge in [0.1, 0.15) is 0 Å². The molecule has 0 aromatic heterocycles. The Hall–Kier alpha value is -1.36. The molecule has 120 valence electrons. The highest BCUT2D eigenvalue weighted by atomic mass is 35.5. The fourth-order valence-corrected chi connectivity index (χ4v) is 2.80. The highest BCUT2D eigenvalue weighted by Crippen LogP contribution is 2.25. The van der Waals surface area contributed by atoms with E-state index >= 15 is 0 Å². The molecule has 5 heteroatoms. The van der Waals surface area contributed by atoms with Crippen LogP contribution in [0, 0.1) is 0 Å². The number of nitrogens with two attached hydrogens (primary N) is 1. The van der Waals surface area contributed by atoms with Gasteiger partial charge >= 0.3 is 0 Å². The van der Waals surface area contributed by atoms with Crippen LogP contribution >= 0.6 is 11.6 Å². The maximum Gasteiger partial charge on any atom is 0.244 e. The largest absolute Gasteiger partial charge is 0.379 e. The first-order chi connectivity index (χ1) is 10.5. The molecular formula is C17H23ClN2O2. The third-order valence-electron chi connectivity index (χ3n) is 3.72. The van der Waals surface area contributed by atoms with E-state index in [9.17, 15) is 4.79 Å². The molecule has 1 aliphatic rings. The van der Waals surface area contributed by atoms with Crippen LogP contribution in [0.3, 0.4) is 0 Å². The van der Waals surface area contributed by atoms with Gasteiger partial charge in [-0.15, -0.1) is 0 Å². The monoisotopic (exact) mass is 322 g/mol. The van der Waals surface area contributed by atoms with Crippen LogP contribution in [0.15, 0.2) is 36.4 Å². The van der Waals surface area contributed by atoms with Crippen molar-refractivity contribution in [1.82, 2.24) is 5.32 Å². The molecule has 4 nitrogen and oxygen atoms in total. The zero-order chi connectivity index (χ0) is 16.0. The predicted molar refractivity (Wildman–Crippen MR) is 88.9 cm³/mol.